The Balaban J connectivity index is 2.12. The Hall–Kier alpha value is -2.64. The molecule has 0 aromatic carbocycles. The number of hydrogen-bond donors (Lipinski definition) is 2. The molecule has 0 aromatic heterocycles. The molecule has 2 N–H and O–H groups in total. The average Bonchev–Trinajstić information content (AvgIpc) is 3.23. The van der Waals surface area contributed by atoms with Crippen molar-refractivity contribution in [2.24, 2.45) is 9.98 Å². The first-order valence-corrected chi connectivity index (χ1v) is 10.7. The van der Waals surface area contributed by atoms with Crippen LogP contribution in [0.1, 0.15) is 65.2 Å². The molecule has 30 heavy (non-hydrogen) atoms. The Morgan fingerprint density at radius 2 is 1.17 bits per heavy atom. The van der Waals surface area contributed by atoms with Gasteiger partial charge < -0.3 is 19.7 Å². The van der Waals surface area contributed by atoms with E-state index in [0.29, 0.717) is 37.4 Å². The molecule has 2 heterocycles. The minimum Gasteiger partial charge on any atom is -0.508 e. The van der Waals surface area contributed by atoms with E-state index in [0.717, 1.165) is 38.5 Å². The first kappa shape index (κ1) is 23.6. The number of nitrogens with zero attached hydrogens (tertiary/aromatic N) is 2. The summed E-state index contributed by atoms with van der Waals surface area (Å²) in [4.78, 5) is 32.9. The zero-order valence-electron chi connectivity index (χ0n) is 17.9. The molecule has 0 bridgehead atoms. The Labute approximate surface area is 177 Å². The summed E-state index contributed by atoms with van der Waals surface area (Å²) in [6, 6.07) is 0. The quantitative estimate of drug-likeness (QED) is 0.266. The lowest BCUT2D eigenvalue weighted by Gasteiger charge is -2.08. The summed E-state index contributed by atoms with van der Waals surface area (Å²) >= 11 is 0. The molecule has 0 amide bonds. The van der Waals surface area contributed by atoms with Crippen molar-refractivity contribution >= 4 is 23.4 Å². The minimum absolute atomic E-state index is 0.0808. The SMILES string of the molecule is CCCCCC(=NCCN=C(CCCCC)C1=C(O)COC1=O)C1=C(O)COC1=O. The van der Waals surface area contributed by atoms with Gasteiger partial charge in [0.05, 0.1) is 24.5 Å². The topological polar surface area (TPSA) is 118 Å². The number of rotatable bonds is 13. The first-order chi connectivity index (χ1) is 14.5. The summed E-state index contributed by atoms with van der Waals surface area (Å²) < 4.78 is 9.80. The highest BCUT2D eigenvalue weighted by Gasteiger charge is 2.29. The second kappa shape index (κ2) is 12.1. The van der Waals surface area contributed by atoms with Crippen molar-refractivity contribution in [2.75, 3.05) is 26.3 Å². The number of esters is 2. The molecule has 8 nitrogen and oxygen atoms in total. The van der Waals surface area contributed by atoms with E-state index in [2.05, 4.69) is 23.8 Å². The van der Waals surface area contributed by atoms with Crippen LogP contribution in [0, 0.1) is 0 Å². The molecule has 2 aliphatic rings. The summed E-state index contributed by atoms with van der Waals surface area (Å²) in [5.74, 6) is -1.25. The molecule has 0 aliphatic carbocycles. The summed E-state index contributed by atoms with van der Waals surface area (Å²) in [7, 11) is 0. The maximum atomic E-state index is 12.0. The van der Waals surface area contributed by atoms with Crippen molar-refractivity contribution < 1.29 is 29.3 Å². The van der Waals surface area contributed by atoms with Crippen molar-refractivity contribution in [2.45, 2.75) is 65.2 Å². The third-order valence-electron chi connectivity index (χ3n) is 4.98. The highest BCUT2D eigenvalue weighted by atomic mass is 16.6. The molecule has 0 spiro atoms. The van der Waals surface area contributed by atoms with Gasteiger partial charge in [0, 0.05) is 0 Å². The van der Waals surface area contributed by atoms with Gasteiger partial charge in [-0.1, -0.05) is 39.5 Å². The largest absolute Gasteiger partial charge is 0.508 e. The van der Waals surface area contributed by atoms with Gasteiger partial charge in [-0.3, -0.25) is 9.98 Å². The lowest BCUT2D eigenvalue weighted by atomic mass is 10.0. The molecule has 0 unspecified atom stereocenters. The van der Waals surface area contributed by atoms with Crippen LogP contribution in [0.2, 0.25) is 0 Å². The fourth-order valence-electron chi connectivity index (χ4n) is 3.38. The number of aliphatic hydroxyl groups excluding tert-OH is 2. The van der Waals surface area contributed by atoms with Crippen molar-refractivity contribution in [1.29, 1.82) is 0 Å². The third-order valence-corrected chi connectivity index (χ3v) is 4.98. The molecule has 0 aromatic rings. The third kappa shape index (κ3) is 6.43. The van der Waals surface area contributed by atoms with E-state index < -0.39 is 11.9 Å². The van der Waals surface area contributed by atoms with E-state index in [9.17, 15) is 19.8 Å². The number of aliphatic hydroxyl groups is 2. The fourth-order valence-corrected chi connectivity index (χ4v) is 3.38. The van der Waals surface area contributed by atoms with Gasteiger partial charge in [0.25, 0.3) is 0 Å². The molecule has 0 fully saturated rings. The highest BCUT2D eigenvalue weighted by molar-refractivity contribution is 6.22. The van der Waals surface area contributed by atoms with E-state index in [-0.39, 0.29) is 35.9 Å². The lowest BCUT2D eigenvalue weighted by Crippen LogP contribution is -2.14. The second-order valence-electron chi connectivity index (χ2n) is 7.37. The summed E-state index contributed by atoms with van der Waals surface area (Å²) in [5, 5.41) is 20.0. The number of hydrogen-bond acceptors (Lipinski definition) is 8. The number of cyclic esters (lactones) is 2. The van der Waals surface area contributed by atoms with Crippen LogP contribution in [0.3, 0.4) is 0 Å². The van der Waals surface area contributed by atoms with Crippen LogP contribution in [-0.4, -0.2) is 59.9 Å². The van der Waals surface area contributed by atoms with Gasteiger partial charge in [-0.25, -0.2) is 9.59 Å². The van der Waals surface area contributed by atoms with Crippen LogP contribution in [0.4, 0.5) is 0 Å². The number of carbonyl (C=O) groups is 2. The van der Waals surface area contributed by atoms with Crippen LogP contribution in [0.5, 0.6) is 0 Å². The molecule has 0 saturated carbocycles. The van der Waals surface area contributed by atoms with Gasteiger partial charge in [-0.15, -0.1) is 0 Å². The van der Waals surface area contributed by atoms with Gasteiger partial charge in [-0.2, -0.15) is 0 Å². The first-order valence-electron chi connectivity index (χ1n) is 10.7. The Morgan fingerprint density at radius 3 is 1.47 bits per heavy atom. The van der Waals surface area contributed by atoms with Gasteiger partial charge in [0.2, 0.25) is 0 Å². The van der Waals surface area contributed by atoms with Crippen molar-refractivity contribution in [3.63, 3.8) is 0 Å². The molecular weight excluding hydrogens is 388 g/mol. The molecule has 8 heteroatoms. The molecule has 0 saturated heterocycles. The molecule has 0 radical (unpaired) electrons. The Kier molecular flexibility index (Phi) is 9.57. The Bertz CT molecular complexity index is 700. The molecular formula is C22H32N2O6. The summed E-state index contributed by atoms with van der Waals surface area (Å²) in [6.07, 6.45) is 6.93. The number of carbonyl (C=O) groups excluding carboxylic acids is 2. The number of ether oxygens (including phenoxy) is 2. The maximum Gasteiger partial charge on any atom is 0.344 e. The lowest BCUT2D eigenvalue weighted by molar-refractivity contribution is -0.136. The van der Waals surface area contributed by atoms with E-state index in [1.807, 2.05) is 0 Å². The predicted molar refractivity (Wildman–Crippen MR) is 114 cm³/mol. The second-order valence-corrected chi connectivity index (χ2v) is 7.37. The number of aliphatic imine (C=N–C) groups is 2. The van der Waals surface area contributed by atoms with Gasteiger partial charge in [0.15, 0.2) is 0 Å². The van der Waals surface area contributed by atoms with Crippen molar-refractivity contribution in [3.8, 4) is 0 Å². The molecule has 0 atom stereocenters. The van der Waals surface area contributed by atoms with E-state index in [4.69, 9.17) is 9.47 Å². The molecule has 2 rings (SSSR count). The smallest absolute Gasteiger partial charge is 0.344 e. The number of unbranched alkanes of at least 4 members (excludes halogenated alkanes) is 4. The fraction of sp³-hybridized carbons (Fsp3) is 0.636. The summed E-state index contributed by atoms with van der Waals surface area (Å²) in [5.41, 5.74) is 1.40. The van der Waals surface area contributed by atoms with Crippen molar-refractivity contribution in [1.82, 2.24) is 0 Å². The highest BCUT2D eigenvalue weighted by Crippen LogP contribution is 2.20. The van der Waals surface area contributed by atoms with E-state index in [1.165, 1.54) is 0 Å². The van der Waals surface area contributed by atoms with Crippen LogP contribution in [-0.2, 0) is 19.1 Å². The average molecular weight is 421 g/mol. The summed E-state index contributed by atoms with van der Waals surface area (Å²) in [6.45, 7) is 4.54. The van der Waals surface area contributed by atoms with Gasteiger partial charge in [-0.05, 0) is 25.7 Å². The molecule has 2 aliphatic heterocycles. The molecule has 166 valence electrons. The van der Waals surface area contributed by atoms with Crippen LogP contribution in [0.15, 0.2) is 32.6 Å². The van der Waals surface area contributed by atoms with Crippen LogP contribution < -0.4 is 0 Å². The van der Waals surface area contributed by atoms with E-state index >= 15 is 0 Å². The van der Waals surface area contributed by atoms with Crippen LogP contribution in [0.25, 0.3) is 0 Å². The predicted octanol–water partition coefficient (Wildman–Crippen LogP) is 3.77. The zero-order valence-corrected chi connectivity index (χ0v) is 17.9. The minimum atomic E-state index is -0.546. The normalized spacial score (nSPS) is 17.8. The van der Waals surface area contributed by atoms with Crippen molar-refractivity contribution in [3.05, 3.63) is 22.7 Å². The maximum absolute atomic E-state index is 12.0. The van der Waals surface area contributed by atoms with Crippen LogP contribution >= 0.6 is 0 Å². The monoisotopic (exact) mass is 420 g/mol. The zero-order chi connectivity index (χ0) is 21.9. The Morgan fingerprint density at radius 1 is 0.767 bits per heavy atom. The van der Waals surface area contributed by atoms with E-state index in [1.54, 1.807) is 0 Å². The van der Waals surface area contributed by atoms with Gasteiger partial charge >= 0.3 is 11.9 Å². The standard InChI is InChI=1S/C22H32N2O6/c1-3-5-7-9-15(19-17(25)13-29-21(19)27)23-11-12-24-16(10-8-6-4-2)20-18(26)14-30-22(20)28/h25-26H,3-14H2,1-2H3. The van der Waals surface area contributed by atoms with Gasteiger partial charge in [0.1, 0.15) is 35.9 Å².